The fourth-order valence-electron chi connectivity index (χ4n) is 2.61. The van der Waals surface area contributed by atoms with E-state index in [1.807, 2.05) is 0 Å². The van der Waals surface area contributed by atoms with E-state index in [4.69, 9.17) is 0 Å². The predicted octanol–water partition coefficient (Wildman–Crippen LogP) is 4.31. The van der Waals surface area contributed by atoms with Gasteiger partial charge in [-0.05, 0) is 58.4 Å². The third kappa shape index (κ3) is 6.07. The van der Waals surface area contributed by atoms with Crippen LogP contribution in [0.4, 0.5) is 0 Å². The summed E-state index contributed by atoms with van der Waals surface area (Å²) in [5.74, 6) is 0. The van der Waals surface area contributed by atoms with Crippen LogP contribution in [0.3, 0.4) is 0 Å². The molecule has 98 valence electrons. The lowest BCUT2D eigenvalue weighted by atomic mass is 10.1. The lowest BCUT2D eigenvalue weighted by Crippen LogP contribution is -2.47. The molecule has 1 heteroatoms. The molecule has 1 saturated heterocycles. The van der Waals surface area contributed by atoms with Crippen molar-refractivity contribution >= 4 is 0 Å². The maximum Gasteiger partial charge on any atom is 0.0974 e. The number of likely N-dealkylation sites (tertiary alicyclic amines) is 1. The Balaban J connectivity index is 2.28. The smallest absolute Gasteiger partial charge is 0.0974 e. The molecule has 0 bridgehead atoms. The Morgan fingerprint density at radius 3 is 2.35 bits per heavy atom. The Morgan fingerprint density at radius 2 is 1.76 bits per heavy atom. The predicted molar refractivity (Wildman–Crippen MR) is 77.1 cm³/mol. The minimum atomic E-state index is 1.18. The Bertz CT molecular complexity index is 269. The average Bonchev–Trinajstić information content (AvgIpc) is 2.27. The molecule has 1 heterocycles. The molecular formula is C16H30N+. The minimum absolute atomic E-state index is 1.18. The van der Waals surface area contributed by atoms with Gasteiger partial charge in [0, 0.05) is 0 Å². The van der Waals surface area contributed by atoms with Crippen LogP contribution in [0, 0.1) is 0 Å². The molecule has 0 saturated carbocycles. The van der Waals surface area contributed by atoms with Gasteiger partial charge in [-0.25, -0.2) is 0 Å². The monoisotopic (exact) mass is 236 g/mol. The first-order valence-corrected chi connectivity index (χ1v) is 7.15. The number of hydrogen-bond donors (Lipinski definition) is 0. The molecule has 0 unspecified atom stereocenters. The van der Waals surface area contributed by atoms with Crippen molar-refractivity contribution in [1.82, 2.24) is 0 Å². The van der Waals surface area contributed by atoms with Crippen molar-refractivity contribution in [2.24, 2.45) is 0 Å². The van der Waals surface area contributed by atoms with E-state index < -0.39 is 0 Å². The quantitative estimate of drug-likeness (QED) is 0.476. The molecule has 1 aliphatic heterocycles. The van der Waals surface area contributed by atoms with Crippen molar-refractivity contribution in [3.63, 3.8) is 0 Å². The first-order valence-electron chi connectivity index (χ1n) is 7.15. The molecule has 1 rings (SSSR count). The Labute approximate surface area is 108 Å². The molecule has 0 aromatic carbocycles. The number of hydrogen-bond acceptors (Lipinski definition) is 0. The first-order chi connectivity index (χ1) is 8.02. The van der Waals surface area contributed by atoms with Crippen LogP contribution in [0.25, 0.3) is 0 Å². The fraction of sp³-hybridized carbons (Fsp3) is 0.750. The molecule has 0 radical (unpaired) electrons. The van der Waals surface area contributed by atoms with Gasteiger partial charge in [0.05, 0.1) is 26.7 Å². The Kier molecular flexibility index (Phi) is 5.97. The van der Waals surface area contributed by atoms with Gasteiger partial charge < -0.3 is 4.48 Å². The second-order valence-electron chi connectivity index (χ2n) is 6.17. The van der Waals surface area contributed by atoms with E-state index in [0.717, 1.165) is 0 Å². The molecule has 0 aliphatic carbocycles. The first kappa shape index (κ1) is 14.5. The van der Waals surface area contributed by atoms with Gasteiger partial charge in [-0.15, -0.1) is 6.58 Å². The summed E-state index contributed by atoms with van der Waals surface area (Å²) >= 11 is 0. The molecule has 0 spiro atoms. The summed E-state index contributed by atoms with van der Waals surface area (Å²) in [6.07, 6.45) is 10.4. The van der Waals surface area contributed by atoms with Crippen molar-refractivity contribution in [3.05, 3.63) is 23.8 Å². The molecular weight excluding hydrogens is 206 g/mol. The highest BCUT2D eigenvalue weighted by atomic mass is 15.3. The van der Waals surface area contributed by atoms with Crippen molar-refractivity contribution in [2.45, 2.75) is 52.4 Å². The van der Waals surface area contributed by atoms with Crippen LogP contribution in [0.15, 0.2) is 23.8 Å². The molecule has 0 atom stereocenters. The standard InChI is InChI=1S/C16H30N/c1-15(2)9-8-10-16(3)11-14-17(4)12-6-5-7-13-17/h11H,1,5-10,12-14H2,2-4H3/q+1/b16-11+. The van der Waals surface area contributed by atoms with Crippen LogP contribution in [0.1, 0.15) is 52.4 Å². The summed E-state index contributed by atoms with van der Waals surface area (Å²) in [4.78, 5) is 0. The summed E-state index contributed by atoms with van der Waals surface area (Å²) in [5, 5.41) is 0. The van der Waals surface area contributed by atoms with Gasteiger partial charge in [0.25, 0.3) is 0 Å². The van der Waals surface area contributed by atoms with E-state index in [-0.39, 0.29) is 0 Å². The van der Waals surface area contributed by atoms with Gasteiger partial charge in [0.2, 0.25) is 0 Å². The van der Waals surface area contributed by atoms with Crippen molar-refractivity contribution < 1.29 is 4.48 Å². The van der Waals surface area contributed by atoms with Crippen molar-refractivity contribution in [1.29, 1.82) is 0 Å². The normalized spacial score (nSPS) is 20.3. The topological polar surface area (TPSA) is 0 Å². The zero-order chi connectivity index (χ0) is 12.7. The number of allylic oxidation sites excluding steroid dienone is 2. The Hall–Kier alpha value is -0.560. The molecule has 0 aromatic heterocycles. The SMILES string of the molecule is C=C(C)CCC/C(C)=C/C[N+]1(C)CCCCC1. The highest BCUT2D eigenvalue weighted by Crippen LogP contribution is 2.17. The number of likely N-dealkylation sites (N-methyl/N-ethyl adjacent to an activating group) is 1. The molecule has 1 fully saturated rings. The van der Waals surface area contributed by atoms with Crippen molar-refractivity contribution in [3.8, 4) is 0 Å². The van der Waals surface area contributed by atoms with Crippen LogP contribution < -0.4 is 0 Å². The van der Waals surface area contributed by atoms with Crippen molar-refractivity contribution in [2.75, 3.05) is 26.7 Å². The largest absolute Gasteiger partial charge is 0.323 e. The maximum atomic E-state index is 3.96. The fourth-order valence-corrected chi connectivity index (χ4v) is 2.61. The third-order valence-corrected chi connectivity index (χ3v) is 3.95. The van der Waals surface area contributed by atoms with E-state index in [9.17, 15) is 0 Å². The second-order valence-corrected chi connectivity index (χ2v) is 6.17. The average molecular weight is 236 g/mol. The molecule has 0 amide bonds. The molecule has 0 N–H and O–H groups in total. The van der Waals surface area contributed by atoms with Gasteiger partial charge in [0.15, 0.2) is 0 Å². The van der Waals surface area contributed by atoms with Gasteiger partial charge in [0.1, 0.15) is 0 Å². The number of piperidine rings is 1. The Morgan fingerprint density at radius 1 is 1.12 bits per heavy atom. The highest BCUT2D eigenvalue weighted by molar-refractivity contribution is 4.99. The van der Waals surface area contributed by atoms with Crippen LogP contribution in [-0.2, 0) is 0 Å². The van der Waals surface area contributed by atoms with Gasteiger partial charge in [-0.1, -0.05) is 11.1 Å². The van der Waals surface area contributed by atoms with E-state index in [1.165, 1.54) is 68.2 Å². The number of rotatable bonds is 6. The lowest BCUT2D eigenvalue weighted by Gasteiger charge is -2.37. The van der Waals surface area contributed by atoms with E-state index in [1.54, 1.807) is 5.57 Å². The molecule has 0 aromatic rings. The third-order valence-electron chi connectivity index (χ3n) is 3.95. The van der Waals surface area contributed by atoms with Crippen LogP contribution in [0.5, 0.6) is 0 Å². The van der Waals surface area contributed by atoms with Crippen LogP contribution in [-0.4, -0.2) is 31.2 Å². The van der Waals surface area contributed by atoms with Gasteiger partial charge in [-0.2, -0.15) is 0 Å². The summed E-state index contributed by atoms with van der Waals surface area (Å²) < 4.78 is 1.26. The zero-order valence-corrected chi connectivity index (χ0v) is 12.1. The lowest BCUT2D eigenvalue weighted by molar-refractivity contribution is -0.908. The van der Waals surface area contributed by atoms with E-state index in [0.29, 0.717) is 0 Å². The van der Waals surface area contributed by atoms with Crippen LogP contribution in [0.2, 0.25) is 0 Å². The maximum absolute atomic E-state index is 3.96. The van der Waals surface area contributed by atoms with Gasteiger partial charge in [-0.3, -0.25) is 0 Å². The van der Waals surface area contributed by atoms with Crippen LogP contribution >= 0.6 is 0 Å². The molecule has 17 heavy (non-hydrogen) atoms. The summed E-state index contributed by atoms with van der Waals surface area (Å²) in [6, 6.07) is 0. The molecule has 1 nitrogen and oxygen atoms in total. The number of nitrogens with zero attached hydrogens (tertiary/aromatic N) is 1. The summed E-state index contributed by atoms with van der Waals surface area (Å²) in [5.41, 5.74) is 2.88. The zero-order valence-electron chi connectivity index (χ0n) is 12.1. The summed E-state index contributed by atoms with van der Waals surface area (Å²) in [7, 11) is 2.41. The summed E-state index contributed by atoms with van der Waals surface area (Å²) in [6.45, 7) is 12.3. The molecule has 1 aliphatic rings. The highest BCUT2D eigenvalue weighted by Gasteiger charge is 2.22. The number of quaternary nitrogens is 1. The second kappa shape index (κ2) is 7.00. The van der Waals surface area contributed by atoms with E-state index in [2.05, 4.69) is 33.6 Å². The van der Waals surface area contributed by atoms with Gasteiger partial charge >= 0.3 is 0 Å². The van der Waals surface area contributed by atoms with E-state index >= 15 is 0 Å². The minimum Gasteiger partial charge on any atom is -0.323 e.